The van der Waals surface area contributed by atoms with E-state index in [9.17, 15) is 4.79 Å². The van der Waals surface area contributed by atoms with Crippen molar-refractivity contribution in [2.24, 2.45) is 0 Å². The van der Waals surface area contributed by atoms with Crippen LogP contribution in [-0.4, -0.2) is 27.7 Å². The highest BCUT2D eigenvalue weighted by Crippen LogP contribution is 2.11. The Kier molecular flexibility index (Phi) is 2.62. The molecule has 2 aromatic heterocycles. The van der Waals surface area contributed by atoms with Crippen LogP contribution in [-0.2, 0) is 11.3 Å². The highest BCUT2D eigenvalue weighted by atomic mass is 16.1. The van der Waals surface area contributed by atoms with Crippen LogP contribution in [0.3, 0.4) is 0 Å². The highest BCUT2D eigenvalue weighted by molar-refractivity contribution is 5.74. The number of carbonyl (C=O) groups is 1. The Morgan fingerprint density at radius 1 is 1.53 bits per heavy atom. The van der Waals surface area contributed by atoms with Gasteiger partial charge in [-0.1, -0.05) is 0 Å². The molecular formula is C10H12N4O. The van der Waals surface area contributed by atoms with Gasteiger partial charge in [-0.3, -0.25) is 9.48 Å². The van der Waals surface area contributed by atoms with Crippen LogP contribution in [0.15, 0.2) is 18.3 Å². The summed E-state index contributed by atoms with van der Waals surface area (Å²) in [6, 6.07) is 3.94. The quantitative estimate of drug-likeness (QED) is 0.582. The molecule has 0 atom stereocenters. The summed E-state index contributed by atoms with van der Waals surface area (Å²) in [5, 5.41) is 6.81. The Morgan fingerprint density at radius 3 is 3.20 bits per heavy atom. The second-order valence-corrected chi connectivity index (χ2v) is 3.30. The minimum absolute atomic E-state index is 0.578. The van der Waals surface area contributed by atoms with E-state index in [-0.39, 0.29) is 0 Å². The predicted molar refractivity (Wildman–Crippen MR) is 56.3 cm³/mol. The van der Waals surface area contributed by atoms with Crippen LogP contribution in [0, 0.1) is 6.92 Å². The molecule has 0 aliphatic heterocycles. The molecule has 5 nitrogen and oxygen atoms in total. The fourth-order valence-electron chi connectivity index (χ4n) is 1.48. The van der Waals surface area contributed by atoms with E-state index in [1.807, 2.05) is 23.7 Å². The SMILES string of the molecule is Cc1ccc2c(cnn2CCNC=O)n1. The summed E-state index contributed by atoms with van der Waals surface area (Å²) in [4.78, 5) is 14.4. The average molecular weight is 204 g/mol. The third-order valence-corrected chi connectivity index (χ3v) is 2.19. The van der Waals surface area contributed by atoms with E-state index in [1.165, 1.54) is 0 Å². The van der Waals surface area contributed by atoms with Gasteiger partial charge >= 0.3 is 0 Å². The summed E-state index contributed by atoms with van der Waals surface area (Å²) in [7, 11) is 0. The summed E-state index contributed by atoms with van der Waals surface area (Å²) >= 11 is 0. The van der Waals surface area contributed by atoms with Crippen molar-refractivity contribution in [3.05, 3.63) is 24.0 Å². The van der Waals surface area contributed by atoms with Crippen LogP contribution in [0.1, 0.15) is 5.69 Å². The van der Waals surface area contributed by atoms with Crippen LogP contribution < -0.4 is 5.32 Å². The van der Waals surface area contributed by atoms with Crippen molar-refractivity contribution >= 4 is 17.4 Å². The molecule has 2 rings (SSSR count). The lowest BCUT2D eigenvalue weighted by molar-refractivity contribution is -0.109. The van der Waals surface area contributed by atoms with E-state index in [1.54, 1.807) is 6.20 Å². The van der Waals surface area contributed by atoms with Gasteiger partial charge in [-0.05, 0) is 19.1 Å². The Hall–Kier alpha value is -1.91. The first-order valence-electron chi connectivity index (χ1n) is 4.77. The van der Waals surface area contributed by atoms with Gasteiger partial charge < -0.3 is 5.32 Å². The second-order valence-electron chi connectivity index (χ2n) is 3.30. The number of nitrogens with zero attached hydrogens (tertiary/aromatic N) is 3. The lowest BCUT2D eigenvalue weighted by Crippen LogP contribution is -2.18. The van der Waals surface area contributed by atoms with Gasteiger partial charge in [-0.2, -0.15) is 5.10 Å². The normalized spacial score (nSPS) is 10.5. The molecule has 1 N–H and O–H groups in total. The van der Waals surface area contributed by atoms with Gasteiger partial charge in [-0.25, -0.2) is 4.98 Å². The summed E-state index contributed by atoms with van der Waals surface area (Å²) < 4.78 is 1.83. The van der Waals surface area contributed by atoms with Crippen LogP contribution in [0.5, 0.6) is 0 Å². The Bertz CT molecular complexity index is 477. The Labute approximate surface area is 87.1 Å². The number of rotatable bonds is 4. The first-order chi connectivity index (χ1) is 7.31. The van der Waals surface area contributed by atoms with E-state index in [4.69, 9.17) is 0 Å². The van der Waals surface area contributed by atoms with Gasteiger partial charge in [0.15, 0.2) is 0 Å². The number of hydrogen-bond acceptors (Lipinski definition) is 3. The number of hydrogen-bond donors (Lipinski definition) is 1. The maximum atomic E-state index is 10.1. The molecule has 5 heteroatoms. The fraction of sp³-hybridized carbons (Fsp3) is 0.300. The second kappa shape index (κ2) is 4.08. The zero-order chi connectivity index (χ0) is 10.7. The van der Waals surface area contributed by atoms with Crippen LogP contribution in [0.25, 0.3) is 11.0 Å². The number of fused-ring (bicyclic) bond motifs is 1. The molecule has 0 saturated carbocycles. The van der Waals surface area contributed by atoms with Gasteiger partial charge in [-0.15, -0.1) is 0 Å². The van der Waals surface area contributed by atoms with Crippen molar-refractivity contribution in [2.45, 2.75) is 13.5 Å². The number of aryl methyl sites for hydroxylation is 1. The number of nitrogens with one attached hydrogen (secondary N) is 1. The third kappa shape index (κ3) is 1.96. The summed E-state index contributed by atoms with van der Waals surface area (Å²) in [5.41, 5.74) is 2.86. The zero-order valence-electron chi connectivity index (χ0n) is 8.47. The minimum atomic E-state index is 0.578. The van der Waals surface area contributed by atoms with E-state index in [0.29, 0.717) is 19.5 Å². The van der Waals surface area contributed by atoms with Gasteiger partial charge in [0, 0.05) is 12.2 Å². The Balaban J connectivity index is 2.24. The average Bonchev–Trinajstić information content (AvgIpc) is 2.61. The summed E-state index contributed by atoms with van der Waals surface area (Å²) in [6.07, 6.45) is 2.43. The van der Waals surface area contributed by atoms with Crippen molar-refractivity contribution in [1.82, 2.24) is 20.1 Å². The van der Waals surface area contributed by atoms with Gasteiger partial charge in [0.1, 0.15) is 5.52 Å². The molecule has 0 radical (unpaired) electrons. The largest absolute Gasteiger partial charge is 0.357 e. The monoisotopic (exact) mass is 204 g/mol. The molecule has 0 fully saturated rings. The van der Waals surface area contributed by atoms with E-state index in [0.717, 1.165) is 16.7 Å². The van der Waals surface area contributed by atoms with Crippen molar-refractivity contribution in [1.29, 1.82) is 0 Å². The maximum Gasteiger partial charge on any atom is 0.207 e. The molecule has 0 aliphatic carbocycles. The van der Waals surface area contributed by atoms with E-state index in [2.05, 4.69) is 15.4 Å². The van der Waals surface area contributed by atoms with Crippen molar-refractivity contribution in [2.75, 3.05) is 6.54 Å². The molecule has 0 aromatic carbocycles. The molecule has 1 amide bonds. The molecule has 0 saturated heterocycles. The molecule has 15 heavy (non-hydrogen) atoms. The van der Waals surface area contributed by atoms with E-state index >= 15 is 0 Å². The van der Waals surface area contributed by atoms with Gasteiger partial charge in [0.25, 0.3) is 0 Å². The molecule has 0 bridgehead atoms. The van der Waals surface area contributed by atoms with Crippen LogP contribution in [0.4, 0.5) is 0 Å². The number of aromatic nitrogens is 3. The van der Waals surface area contributed by atoms with Crippen molar-refractivity contribution in [3.8, 4) is 0 Å². The van der Waals surface area contributed by atoms with Gasteiger partial charge in [0.2, 0.25) is 6.41 Å². The summed E-state index contributed by atoms with van der Waals surface area (Å²) in [5.74, 6) is 0. The topological polar surface area (TPSA) is 59.8 Å². The zero-order valence-corrected chi connectivity index (χ0v) is 8.47. The fourth-order valence-corrected chi connectivity index (χ4v) is 1.48. The molecule has 78 valence electrons. The molecule has 0 spiro atoms. The standard InChI is InChI=1S/C10H12N4O/c1-8-2-3-10-9(13-8)6-12-14(10)5-4-11-7-15/h2-3,6-7H,4-5H2,1H3,(H,11,15). The Morgan fingerprint density at radius 2 is 2.40 bits per heavy atom. The first-order valence-corrected chi connectivity index (χ1v) is 4.77. The van der Waals surface area contributed by atoms with E-state index < -0.39 is 0 Å². The van der Waals surface area contributed by atoms with Gasteiger partial charge in [0.05, 0.1) is 18.3 Å². The first kappa shape index (κ1) is 9.64. The number of carbonyl (C=O) groups excluding carboxylic acids is 1. The predicted octanol–water partition coefficient (Wildman–Crippen LogP) is 0.486. The molecule has 0 unspecified atom stereocenters. The molecule has 2 heterocycles. The molecular weight excluding hydrogens is 192 g/mol. The minimum Gasteiger partial charge on any atom is -0.357 e. The molecule has 2 aromatic rings. The molecule has 0 aliphatic rings. The smallest absolute Gasteiger partial charge is 0.207 e. The number of pyridine rings is 1. The highest BCUT2D eigenvalue weighted by Gasteiger charge is 2.02. The maximum absolute atomic E-state index is 10.1. The number of amides is 1. The lowest BCUT2D eigenvalue weighted by atomic mass is 10.3. The van der Waals surface area contributed by atoms with Crippen molar-refractivity contribution in [3.63, 3.8) is 0 Å². The summed E-state index contributed by atoms with van der Waals surface area (Å²) in [6.45, 7) is 3.19. The van der Waals surface area contributed by atoms with Crippen LogP contribution in [0.2, 0.25) is 0 Å². The third-order valence-electron chi connectivity index (χ3n) is 2.19. The van der Waals surface area contributed by atoms with Crippen molar-refractivity contribution < 1.29 is 4.79 Å². The lowest BCUT2D eigenvalue weighted by Gasteiger charge is -2.02. The van der Waals surface area contributed by atoms with Crippen LogP contribution >= 0.6 is 0 Å².